The molecule has 0 aromatic carbocycles. The minimum atomic E-state index is 0. The number of nitrogens with zero attached hydrogens (tertiary/aromatic N) is 5. The SMILES string of the molecule is Cl.Cn1ccnc1C1CNCCN1Cc1nc(-c2cccs2)no1. The summed E-state index contributed by atoms with van der Waals surface area (Å²) in [5.74, 6) is 2.36. The third-order valence-electron chi connectivity index (χ3n) is 4.06. The molecule has 0 bridgehead atoms. The van der Waals surface area contributed by atoms with Gasteiger partial charge in [-0.05, 0) is 11.4 Å². The molecule has 24 heavy (non-hydrogen) atoms. The topological polar surface area (TPSA) is 72.0 Å². The molecule has 0 saturated carbocycles. The van der Waals surface area contributed by atoms with Crippen LogP contribution in [0.5, 0.6) is 0 Å². The number of rotatable bonds is 4. The average molecular weight is 367 g/mol. The van der Waals surface area contributed by atoms with Crippen molar-refractivity contribution in [1.82, 2.24) is 29.9 Å². The fourth-order valence-corrected chi connectivity index (χ4v) is 3.54. The Kier molecular flexibility index (Phi) is 5.30. The van der Waals surface area contributed by atoms with Gasteiger partial charge in [0.05, 0.1) is 17.5 Å². The number of piperazine rings is 1. The van der Waals surface area contributed by atoms with E-state index in [-0.39, 0.29) is 18.4 Å². The standard InChI is InChI=1S/C15H18N6OS.ClH/c1-20-6-5-17-15(20)11-9-16-4-7-21(11)10-13-18-14(19-22-13)12-3-2-8-23-12;/h2-3,5-6,8,11,16H,4,7,9-10H2,1H3;1H. The van der Waals surface area contributed by atoms with Crippen LogP contribution in [0.1, 0.15) is 17.8 Å². The van der Waals surface area contributed by atoms with E-state index in [9.17, 15) is 0 Å². The van der Waals surface area contributed by atoms with Gasteiger partial charge in [-0.3, -0.25) is 4.90 Å². The fourth-order valence-electron chi connectivity index (χ4n) is 2.89. The molecular formula is C15H19ClN6OS. The highest BCUT2D eigenvalue weighted by Crippen LogP contribution is 2.24. The summed E-state index contributed by atoms with van der Waals surface area (Å²) in [6.07, 6.45) is 3.81. The molecule has 1 atom stereocenters. The third-order valence-corrected chi connectivity index (χ3v) is 4.92. The van der Waals surface area contributed by atoms with Gasteiger partial charge in [0, 0.05) is 39.1 Å². The Morgan fingerprint density at radius 3 is 3.12 bits per heavy atom. The molecule has 1 unspecified atom stereocenters. The number of thiophene rings is 1. The Morgan fingerprint density at radius 1 is 1.46 bits per heavy atom. The van der Waals surface area contributed by atoms with Crippen LogP contribution in [-0.4, -0.2) is 44.2 Å². The number of aromatic nitrogens is 4. The molecule has 3 aromatic rings. The van der Waals surface area contributed by atoms with E-state index in [0.29, 0.717) is 18.3 Å². The molecule has 0 aliphatic carbocycles. The van der Waals surface area contributed by atoms with Gasteiger partial charge in [0.25, 0.3) is 0 Å². The molecular weight excluding hydrogens is 348 g/mol. The van der Waals surface area contributed by atoms with Gasteiger partial charge >= 0.3 is 0 Å². The van der Waals surface area contributed by atoms with Gasteiger partial charge in [0.1, 0.15) is 5.82 Å². The van der Waals surface area contributed by atoms with E-state index in [2.05, 4.69) is 29.9 Å². The Bertz CT molecular complexity index is 771. The van der Waals surface area contributed by atoms with Crippen LogP contribution in [0.15, 0.2) is 34.4 Å². The second-order valence-corrected chi connectivity index (χ2v) is 6.52. The second kappa shape index (κ2) is 7.43. The molecule has 0 spiro atoms. The summed E-state index contributed by atoms with van der Waals surface area (Å²) < 4.78 is 7.51. The Hall–Kier alpha value is -1.74. The van der Waals surface area contributed by atoms with Crippen LogP contribution in [0.25, 0.3) is 10.7 Å². The highest BCUT2D eigenvalue weighted by molar-refractivity contribution is 7.13. The lowest BCUT2D eigenvalue weighted by atomic mass is 10.1. The van der Waals surface area contributed by atoms with Crippen molar-refractivity contribution in [1.29, 1.82) is 0 Å². The first-order valence-electron chi connectivity index (χ1n) is 7.60. The van der Waals surface area contributed by atoms with Crippen molar-refractivity contribution in [3.05, 3.63) is 41.6 Å². The maximum absolute atomic E-state index is 5.44. The molecule has 1 aliphatic rings. The summed E-state index contributed by atoms with van der Waals surface area (Å²) in [5.41, 5.74) is 0. The van der Waals surface area contributed by atoms with E-state index < -0.39 is 0 Å². The lowest BCUT2D eigenvalue weighted by molar-refractivity contribution is 0.128. The third kappa shape index (κ3) is 3.36. The summed E-state index contributed by atoms with van der Waals surface area (Å²) in [4.78, 5) is 12.4. The molecule has 7 nitrogen and oxygen atoms in total. The summed E-state index contributed by atoms with van der Waals surface area (Å²) in [7, 11) is 2.02. The van der Waals surface area contributed by atoms with E-state index in [0.717, 1.165) is 30.3 Å². The van der Waals surface area contributed by atoms with Gasteiger partial charge in [0.15, 0.2) is 0 Å². The van der Waals surface area contributed by atoms with Crippen LogP contribution in [0.2, 0.25) is 0 Å². The largest absolute Gasteiger partial charge is 0.338 e. The summed E-state index contributed by atoms with van der Waals surface area (Å²) >= 11 is 1.61. The first kappa shape index (κ1) is 17.1. The van der Waals surface area contributed by atoms with E-state index in [1.165, 1.54) is 0 Å². The van der Waals surface area contributed by atoms with Crippen LogP contribution in [0, 0.1) is 0 Å². The number of nitrogens with one attached hydrogen (secondary N) is 1. The van der Waals surface area contributed by atoms with E-state index >= 15 is 0 Å². The van der Waals surface area contributed by atoms with Gasteiger partial charge in [0.2, 0.25) is 11.7 Å². The monoisotopic (exact) mass is 366 g/mol. The van der Waals surface area contributed by atoms with E-state index in [1.807, 2.05) is 37.0 Å². The maximum Gasteiger partial charge on any atom is 0.241 e. The normalized spacial score (nSPS) is 18.5. The molecule has 1 N–H and O–H groups in total. The number of hydrogen-bond acceptors (Lipinski definition) is 7. The van der Waals surface area contributed by atoms with Crippen LogP contribution in [0.3, 0.4) is 0 Å². The Balaban J connectivity index is 0.00000169. The van der Waals surface area contributed by atoms with Crippen molar-refractivity contribution in [3.8, 4) is 10.7 Å². The van der Waals surface area contributed by atoms with Gasteiger partial charge in [-0.2, -0.15) is 4.98 Å². The van der Waals surface area contributed by atoms with Crippen molar-refractivity contribution in [3.63, 3.8) is 0 Å². The Labute approximate surface area is 150 Å². The first-order valence-corrected chi connectivity index (χ1v) is 8.47. The summed E-state index contributed by atoms with van der Waals surface area (Å²) in [6, 6.07) is 4.20. The van der Waals surface area contributed by atoms with Gasteiger partial charge in [-0.25, -0.2) is 4.98 Å². The maximum atomic E-state index is 5.44. The van der Waals surface area contributed by atoms with Gasteiger partial charge < -0.3 is 14.4 Å². The number of imidazole rings is 1. The molecule has 1 aliphatic heterocycles. The van der Waals surface area contributed by atoms with Crippen LogP contribution in [-0.2, 0) is 13.6 Å². The molecule has 0 radical (unpaired) electrons. The molecule has 1 fully saturated rings. The molecule has 4 rings (SSSR count). The molecule has 0 amide bonds. The predicted molar refractivity (Wildman–Crippen MR) is 94.1 cm³/mol. The van der Waals surface area contributed by atoms with Crippen molar-refractivity contribution in [2.75, 3.05) is 19.6 Å². The van der Waals surface area contributed by atoms with Crippen LogP contribution >= 0.6 is 23.7 Å². The van der Waals surface area contributed by atoms with E-state index in [4.69, 9.17) is 4.52 Å². The highest BCUT2D eigenvalue weighted by Gasteiger charge is 2.28. The smallest absolute Gasteiger partial charge is 0.241 e. The Morgan fingerprint density at radius 2 is 2.38 bits per heavy atom. The lowest BCUT2D eigenvalue weighted by Crippen LogP contribution is -2.46. The lowest BCUT2D eigenvalue weighted by Gasteiger charge is -2.34. The molecule has 4 heterocycles. The number of aryl methyl sites for hydroxylation is 1. The zero-order valence-electron chi connectivity index (χ0n) is 13.3. The highest BCUT2D eigenvalue weighted by atomic mass is 35.5. The first-order chi connectivity index (χ1) is 11.3. The van der Waals surface area contributed by atoms with Crippen molar-refractivity contribution < 1.29 is 4.52 Å². The van der Waals surface area contributed by atoms with Crippen molar-refractivity contribution >= 4 is 23.7 Å². The average Bonchev–Trinajstić information content (AvgIpc) is 3.29. The molecule has 1 saturated heterocycles. The van der Waals surface area contributed by atoms with E-state index in [1.54, 1.807) is 11.3 Å². The molecule has 128 valence electrons. The minimum absolute atomic E-state index is 0. The zero-order valence-corrected chi connectivity index (χ0v) is 14.9. The fraction of sp³-hybridized carbons (Fsp3) is 0.400. The predicted octanol–water partition coefficient (Wildman–Crippen LogP) is 2.10. The second-order valence-electron chi connectivity index (χ2n) is 5.58. The molecule has 9 heteroatoms. The zero-order chi connectivity index (χ0) is 15.6. The summed E-state index contributed by atoms with van der Waals surface area (Å²) in [6.45, 7) is 3.38. The van der Waals surface area contributed by atoms with Gasteiger partial charge in [-0.15, -0.1) is 23.7 Å². The van der Waals surface area contributed by atoms with Crippen molar-refractivity contribution in [2.45, 2.75) is 12.6 Å². The van der Waals surface area contributed by atoms with Crippen molar-refractivity contribution in [2.24, 2.45) is 7.05 Å². The van der Waals surface area contributed by atoms with Gasteiger partial charge in [-0.1, -0.05) is 11.2 Å². The van der Waals surface area contributed by atoms with Crippen LogP contribution in [0.4, 0.5) is 0 Å². The number of hydrogen-bond donors (Lipinski definition) is 1. The quantitative estimate of drug-likeness (QED) is 0.762. The van der Waals surface area contributed by atoms with Crippen LogP contribution < -0.4 is 5.32 Å². The minimum Gasteiger partial charge on any atom is -0.338 e. The molecule has 3 aromatic heterocycles. The summed E-state index contributed by atoms with van der Waals surface area (Å²) in [5, 5.41) is 9.54. The number of halogens is 1.